The van der Waals surface area contributed by atoms with Crippen molar-refractivity contribution < 1.29 is 9.18 Å². The maximum atomic E-state index is 13.4. The third-order valence-electron chi connectivity index (χ3n) is 3.89. The summed E-state index contributed by atoms with van der Waals surface area (Å²) in [6.07, 6.45) is 3.51. The summed E-state index contributed by atoms with van der Waals surface area (Å²) >= 11 is 0. The minimum atomic E-state index is -0.438. The van der Waals surface area contributed by atoms with Gasteiger partial charge < -0.3 is 9.88 Å². The first-order valence-corrected chi connectivity index (χ1v) is 7.65. The van der Waals surface area contributed by atoms with Gasteiger partial charge in [-0.05, 0) is 30.7 Å². The Morgan fingerprint density at radius 1 is 1.21 bits per heavy atom. The number of aromatic nitrogens is 2. The summed E-state index contributed by atoms with van der Waals surface area (Å²) in [5.41, 5.74) is 2.33. The molecule has 1 aromatic heterocycles. The van der Waals surface area contributed by atoms with Crippen molar-refractivity contribution in [3.05, 3.63) is 89.3 Å². The third kappa shape index (κ3) is 3.35. The maximum absolute atomic E-state index is 13.4. The molecule has 3 aromatic rings. The first kappa shape index (κ1) is 15.9. The fourth-order valence-electron chi connectivity index (χ4n) is 2.56. The Hall–Kier alpha value is -2.95. The van der Waals surface area contributed by atoms with Gasteiger partial charge in [0.15, 0.2) is 0 Å². The Labute approximate surface area is 140 Å². The van der Waals surface area contributed by atoms with Crippen molar-refractivity contribution in [1.29, 1.82) is 0 Å². The van der Waals surface area contributed by atoms with E-state index in [1.807, 2.05) is 49.0 Å². The highest BCUT2D eigenvalue weighted by molar-refractivity contribution is 5.94. The number of halogens is 1. The van der Waals surface area contributed by atoms with E-state index in [-0.39, 0.29) is 11.5 Å². The molecule has 1 heterocycles. The summed E-state index contributed by atoms with van der Waals surface area (Å²) in [7, 11) is 1.87. The molecule has 0 spiro atoms. The Kier molecular flexibility index (Phi) is 4.42. The van der Waals surface area contributed by atoms with Crippen molar-refractivity contribution in [2.75, 3.05) is 0 Å². The number of hydrogen-bond donors (Lipinski definition) is 1. The van der Waals surface area contributed by atoms with E-state index >= 15 is 0 Å². The predicted molar refractivity (Wildman–Crippen MR) is 90.1 cm³/mol. The van der Waals surface area contributed by atoms with Crippen LogP contribution in [0.25, 0.3) is 0 Å². The number of amides is 1. The summed E-state index contributed by atoms with van der Waals surface area (Å²) in [4.78, 5) is 16.9. The molecule has 1 unspecified atom stereocenters. The summed E-state index contributed by atoms with van der Waals surface area (Å²) in [6.45, 7) is 2.00. The van der Waals surface area contributed by atoms with Gasteiger partial charge in [-0.1, -0.05) is 35.9 Å². The van der Waals surface area contributed by atoms with Gasteiger partial charge in [0, 0.05) is 25.0 Å². The number of aryl methyl sites for hydroxylation is 2. The monoisotopic (exact) mass is 323 g/mol. The lowest BCUT2D eigenvalue weighted by atomic mass is 10.0. The summed E-state index contributed by atoms with van der Waals surface area (Å²) in [5, 5.41) is 2.95. The number of rotatable bonds is 4. The molecular formula is C19H18FN3O. The quantitative estimate of drug-likeness (QED) is 0.800. The van der Waals surface area contributed by atoms with E-state index < -0.39 is 11.9 Å². The van der Waals surface area contributed by atoms with Crippen molar-refractivity contribution in [2.24, 2.45) is 7.05 Å². The summed E-state index contributed by atoms with van der Waals surface area (Å²) < 4.78 is 15.2. The third-order valence-corrected chi connectivity index (χ3v) is 3.89. The van der Waals surface area contributed by atoms with Gasteiger partial charge in [0.2, 0.25) is 0 Å². The van der Waals surface area contributed by atoms with Gasteiger partial charge >= 0.3 is 0 Å². The zero-order chi connectivity index (χ0) is 17.1. The second-order valence-electron chi connectivity index (χ2n) is 5.72. The normalized spacial score (nSPS) is 12.0. The van der Waals surface area contributed by atoms with E-state index in [2.05, 4.69) is 10.3 Å². The lowest BCUT2D eigenvalue weighted by Gasteiger charge is -2.19. The lowest BCUT2D eigenvalue weighted by Crippen LogP contribution is -2.31. The van der Waals surface area contributed by atoms with Crippen molar-refractivity contribution in [1.82, 2.24) is 14.9 Å². The molecule has 3 rings (SSSR count). The van der Waals surface area contributed by atoms with Crippen LogP contribution in [-0.2, 0) is 7.05 Å². The van der Waals surface area contributed by atoms with Crippen LogP contribution >= 0.6 is 0 Å². The zero-order valence-electron chi connectivity index (χ0n) is 13.5. The van der Waals surface area contributed by atoms with E-state index in [1.165, 1.54) is 18.2 Å². The SMILES string of the molecule is Cc1ccc(C(NC(=O)c2cccc(F)c2)c2nccn2C)cc1. The Bertz CT molecular complexity index is 855. The Balaban J connectivity index is 1.95. The number of carbonyl (C=O) groups is 1. The number of benzene rings is 2. The van der Waals surface area contributed by atoms with Crippen LogP contribution in [0.3, 0.4) is 0 Å². The molecule has 0 saturated carbocycles. The van der Waals surface area contributed by atoms with Crippen molar-refractivity contribution in [3.63, 3.8) is 0 Å². The molecule has 122 valence electrons. The lowest BCUT2D eigenvalue weighted by molar-refractivity contribution is 0.0940. The second kappa shape index (κ2) is 6.66. The minimum absolute atomic E-state index is 0.279. The minimum Gasteiger partial charge on any atom is -0.338 e. The average molecular weight is 323 g/mol. The number of nitrogens with one attached hydrogen (secondary N) is 1. The van der Waals surface area contributed by atoms with Crippen LogP contribution in [0.2, 0.25) is 0 Å². The van der Waals surface area contributed by atoms with Gasteiger partial charge in [0.1, 0.15) is 17.7 Å². The van der Waals surface area contributed by atoms with Crippen molar-refractivity contribution in [3.8, 4) is 0 Å². The molecule has 4 nitrogen and oxygen atoms in total. The highest BCUT2D eigenvalue weighted by Gasteiger charge is 2.21. The fourth-order valence-corrected chi connectivity index (χ4v) is 2.56. The predicted octanol–water partition coefficient (Wildman–Crippen LogP) is 3.39. The van der Waals surface area contributed by atoms with Gasteiger partial charge in [0.05, 0.1) is 0 Å². The van der Waals surface area contributed by atoms with Crippen LogP contribution < -0.4 is 5.32 Å². The largest absolute Gasteiger partial charge is 0.338 e. The van der Waals surface area contributed by atoms with E-state index in [0.717, 1.165) is 11.1 Å². The molecule has 0 saturated heterocycles. The van der Waals surface area contributed by atoms with E-state index in [9.17, 15) is 9.18 Å². The van der Waals surface area contributed by atoms with Crippen LogP contribution in [0.1, 0.15) is 33.4 Å². The smallest absolute Gasteiger partial charge is 0.252 e. The second-order valence-corrected chi connectivity index (χ2v) is 5.72. The van der Waals surface area contributed by atoms with Crippen LogP contribution in [0, 0.1) is 12.7 Å². The molecule has 0 radical (unpaired) electrons. The standard InChI is InChI=1S/C19H18FN3O/c1-13-6-8-14(9-7-13)17(18-21-10-11-23(18)2)22-19(24)15-4-3-5-16(20)12-15/h3-12,17H,1-2H3,(H,22,24). The first-order valence-electron chi connectivity index (χ1n) is 7.65. The van der Waals surface area contributed by atoms with Gasteiger partial charge in [-0.3, -0.25) is 4.79 Å². The number of nitrogens with zero attached hydrogens (tertiary/aromatic N) is 2. The van der Waals surface area contributed by atoms with Gasteiger partial charge in [-0.2, -0.15) is 0 Å². The van der Waals surface area contributed by atoms with Crippen molar-refractivity contribution >= 4 is 5.91 Å². The molecule has 1 N–H and O–H groups in total. The molecule has 1 atom stereocenters. The van der Waals surface area contributed by atoms with E-state index in [1.54, 1.807) is 12.3 Å². The van der Waals surface area contributed by atoms with Crippen molar-refractivity contribution in [2.45, 2.75) is 13.0 Å². The molecule has 0 bridgehead atoms. The highest BCUT2D eigenvalue weighted by Crippen LogP contribution is 2.21. The highest BCUT2D eigenvalue weighted by atomic mass is 19.1. The molecule has 0 aliphatic carbocycles. The molecule has 0 fully saturated rings. The van der Waals surface area contributed by atoms with E-state index in [0.29, 0.717) is 5.82 Å². The zero-order valence-corrected chi connectivity index (χ0v) is 13.5. The molecule has 2 aromatic carbocycles. The molecular weight excluding hydrogens is 305 g/mol. The van der Waals surface area contributed by atoms with Crippen LogP contribution in [-0.4, -0.2) is 15.5 Å². The maximum Gasteiger partial charge on any atom is 0.252 e. The van der Waals surface area contributed by atoms with E-state index in [4.69, 9.17) is 0 Å². The van der Waals surface area contributed by atoms with Crippen LogP contribution in [0.4, 0.5) is 4.39 Å². The number of hydrogen-bond acceptors (Lipinski definition) is 2. The van der Waals surface area contributed by atoms with Gasteiger partial charge in [-0.25, -0.2) is 9.37 Å². The summed E-state index contributed by atoms with van der Waals surface area (Å²) in [6, 6.07) is 13.1. The molecule has 0 aliphatic rings. The first-order chi connectivity index (χ1) is 11.5. The van der Waals surface area contributed by atoms with Crippen LogP contribution in [0.15, 0.2) is 60.9 Å². The Morgan fingerprint density at radius 3 is 2.58 bits per heavy atom. The molecule has 1 amide bonds. The number of carbonyl (C=O) groups excluding carboxylic acids is 1. The number of imidazole rings is 1. The summed E-state index contributed by atoms with van der Waals surface area (Å²) in [5.74, 6) is -0.0711. The average Bonchev–Trinajstić information content (AvgIpc) is 2.99. The fraction of sp³-hybridized carbons (Fsp3) is 0.158. The molecule has 0 aliphatic heterocycles. The molecule has 24 heavy (non-hydrogen) atoms. The molecule has 5 heteroatoms. The topological polar surface area (TPSA) is 46.9 Å². The Morgan fingerprint density at radius 2 is 1.96 bits per heavy atom. The van der Waals surface area contributed by atoms with Gasteiger partial charge in [-0.15, -0.1) is 0 Å². The van der Waals surface area contributed by atoms with Gasteiger partial charge in [0.25, 0.3) is 5.91 Å². The van der Waals surface area contributed by atoms with Crippen LogP contribution in [0.5, 0.6) is 0 Å².